The zero-order valence-corrected chi connectivity index (χ0v) is 11.6. The Hall–Kier alpha value is -0.880. The predicted molar refractivity (Wildman–Crippen MR) is 74.2 cm³/mol. The topological polar surface area (TPSA) is 64.4 Å². The molecule has 7 heteroatoms. The van der Waals surface area contributed by atoms with E-state index in [4.69, 9.17) is 22.1 Å². The van der Waals surface area contributed by atoms with Gasteiger partial charge in [0.1, 0.15) is 11.9 Å². The largest absolute Gasteiger partial charge is 0.364 e. The summed E-state index contributed by atoms with van der Waals surface area (Å²) in [7, 11) is 0. The van der Waals surface area contributed by atoms with Crippen molar-refractivity contribution >= 4 is 35.6 Å². The van der Waals surface area contributed by atoms with E-state index in [1.807, 2.05) is 0 Å². The minimum atomic E-state index is -0.519. The maximum atomic E-state index is 13.0. The van der Waals surface area contributed by atoms with Gasteiger partial charge in [-0.1, -0.05) is 11.6 Å². The number of ether oxygens (including phenoxy) is 1. The third-order valence-corrected chi connectivity index (χ3v) is 3.14. The van der Waals surface area contributed by atoms with Gasteiger partial charge in [0.2, 0.25) is 0 Å². The third-order valence-electron chi connectivity index (χ3n) is 2.85. The van der Waals surface area contributed by atoms with E-state index in [-0.39, 0.29) is 29.4 Å². The van der Waals surface area contributed by atoms with Gasteiger partial charge < -0.3 is 15.8 Å². The lowest BCUT2D eigenvalue weighted by molar-refractivity contribution is -0.126. The van der Waals surface area contributed by atoms with E-state index in [0.29, 0.717) is 18.7 Å². The molecule has 1 amide bonds. The van der Waals surface area contributed by atoms with Gasteiger partial charge in [0.25, 0.3) is 5.91 Å². The molecule has 0 aliphatic carbocycles. The highest BCUT2D eigenvalue weighted by atomic mass is 35.5. The number of carbonyl (C=O) groups excluding carboxylic acids is 1. The van der Waals surface area contributed by atoms with Crippen LogP contribution in [-0.2, 0) is 9.53 Å². The van der Waals surface area contributed by atoms with Crippen molar-refractivity contribution in [2.45, 2.75) is 25.0 Å². The van der Waals surface area contributed by atoms with Crippen molar-refractivity contribution in [2.75, 3.05) is 11.9 Å². The number of carbonyl (C=O) groups is 1. The minimum absolute atomic E-state index is 0. The lowest BCUT2D eigenvalue weighted by Gasteiger charge is -2.12. The summed E-state index contributed by atoms with van der Waals surface area (Å²) in [4.78, 5) is 11.9. The molecule has 1 fully saturated rings. The molecule has 2 atom stereocenters. The molecule has 19 heavy (non-hydrogen) atoms. The Morgan fingerprint density at radius 3 is 2.84 bits per heavy atom. The van der Waals surface area contributed by atoms with Crippen LogP contribution in [0, 0.1) is 5.82 Å². The average molecular weight is 309 g/mol. The highest BCUT2D eigenvalue weighted by Crippen LogP contribution is 2.22. The lowest BCUT2D eigenvalue weighted by atomic mass is 10.2. The molecule has 0 bridgehead atoms. The predicted octanol–water partition coefficient (Wildman–Crippen LogP) is 2.35. The van der Waals surface area contributed by atoms with Gasteiger partial charge in [-0.05, 0) is 31.0 Å². The number of anilines is 1. The molecule has 1 saturated heterocycles. The van der Waals surface area contributed by atoms with Crippen molar-refractivity contribution in [1.82, 2.24) is 0 Å². The number of halogens is 3. The van der Waals surface area contributed by atoms with Crippen molar-refractivity contribution < 1.29 is 13.9 Å². The second kappa shape index (κ2) is 7.05. The molecule has 1 aromatic rings. The number of nitrogens with two attached hydrogens (primary N) is 1. The first-order valence-electron chi connectivity index (χ1n) is 5.71. The standard InChI is InChI=1S/C12H14ClFN2O2.ClH/c13-9-5-7(1-3-10(9)14)16-12(17)11-4-2-8(6-15)18-11;/h1,3,5,8,11H,2,4,6,15H2,(H,16,17);1H/t8-,11+;/m1./s1. The van der Waals surface area contributed by atoms with Crippen LogP contribution in [-0.4, -0.2) is 24.7 Å². The molecule has 1 aromatic carbocycles. The van der Waals surface area contributed by atoms with E-state index >= 15 is 0 Å². The summed E-state index contributed by atoms with van der Waals surface area (Å²) in [5.74, 6) is -0.774. The summed E-state index contributed by atoms with van der Waals surface area (Å²) in [5.41, 5.74) is 5.92. The Kier molecular flexibility index (Phi) is 6.00. The molecule has 0 spiro atoms. The number of hydrogen-bond donors (Lipinski definition) is 2. The molecular formula is C12H15Cl2FN2O2. The second-order valence-corrected chi connectivity index (χ2v) is 4.59. The van der Waals surface area contributed by atoms with Crippen LogP contribution in [0.2, 0.25) is 5.02 Å². The Morgan fingerprint density at radius 2 is 2.26 bits per heavy atom. The van der Waals surface area contributed by atoms with Gasteiger partial charge in [-0.25, -0.2) is 4.39 Å². The fourth-order valence-corrected chi connectivity index (χ4v) is 2.05. The third kappa shape index (κ3) is 4.04. The first kappa shape index (κ1) is 16.2. The normalized spacial score (nSPS) is 21.8. The molecule has 4 nitrogen and oxygen atoms in total. The molecule has 106 valence electrons. The zero-order chi connectivity index (χ0) is 13.1. The number of nitrogens with one attached hydrogen (secondary N) is 1. The van der Waals surface area contributed by atoms with Gasteiger partial charge in [-0.3, -0.25) is 4.79 Å². The maximum Gasteiger partial charge on any atom is 0.253 e. The maximum absolute atomic E-state index is 13.0. The van der Waals surface area contributed by atoms with Gasteiger partial charge in [-0.2, -0.15) is 0 Å². The van der Waals surface area contributed by atoms with Crippen molar-refractivity contribution in [3.8, 4) is 0 Å². The molecular weight excluding hydrogens is 294 g/mol. The van der Waals surface area contributed by atoms with E-state index in [1.165, 1.54) is 18.2 Å². The van der Waals surface area contributed by atoms with E-state index in [9.17, 15) is 9.18 Å². The Morgan fingerprint density at radius 1 is 1.53 bits per heavy atom. The Bertz CT molecular complexity index is 459. The Labute approximate surface area is 121 Å². The number of hydrogen-bond acceptors (Lipinski definition) is 3. The highest BCUT2D eigenvalue weighted by Gasteiger charge is 2.29. The summed E-state index contributed by atoms with van der Waals surface area (Å²) in [6.45, 7) is 0.409. The molecule has 0 saturated carbocycles. The van der Waals surface area contributed by atoms with E-state index in [1.54, 1.807) is 0 Å². The van der Waals surface area contributed by atoms with Crippen LogP contribution >= 0.6 is 24.0 Å². The van der Waals surface area contributed by atoms with Gasteiger partial charge in [0.05, 0.1) is 11.1 Å². The van der Waals surface area contributed by atoms with Crippen molar-refractivity contribution in [3.63, 3.8) is 0 Å². The zero-order valence-electron chi connectivity index (χ0n) is 10.1. The molecule has 1 aliphatic heterocycles. The van der Waals surface area contributed by atoms with Crippen LogP contribution in [0.4, 0.5) is 10.1 Å². The van der Waals surface area contributed by atoms with Crippen molar-refractivity contribution in [1.29, 1.82) is 0 Å². The fourth-order valence-electron chi connectivity index (χ4n) is 1.87. The first-order chi connectivity index (χ1) is 8.60. The summed E-state index contributed by atoms with van der Waals surface area (Å²) in [6.07, 6.45) is 0.862. The minimum Gasteiger partial charge on any atom is -0.364 e. The summed E-state index contributed by atoms with van der Waals surface area (Å²) >= 11 is 5.63. The van der Waals surface area contributed by atoms with Crippen molar-refractivity contribution in [2.24, 2.45) is 5.73 Å². The molecule has 2 rings (SSSR count). The summed E-state index contributed by atoms with van der Waals surface area (Å²) in [5, 5.41) is 2.61. The highest BCUT2D eigenvalue weighted by molar-refractivity contribution is 6.31. The molecule has 0 aromatic heterocycles. The van der Waals surface area contributed by atoms with E-state index < -0.39 is 11.9 Å². The number of rotatable bonds is 3. The number of benzene rings is 1. The van der Waals surface area contributed by atoms with Gasteiger partial charge >= 0.3 is 0 Å². The quantitative estimate of drug-likeness (QED) is 0.901. The summed E-state index contributed by atoms with van der Waals surface area (Å²) < 4.78 is 18.4. The summed E-state index contributed by atoms with van der Waals surface area (Å²) in [6, 6.07) is 4.02. The van der Waals surface area contributed by atoms with Gasteiger partial charge in [-0.15, -0.1) is 12.4 Å². The van der Waals surface area contributed by atoms with Crippen LogP contribution in [0.1, 0.15) is 12.8 Å². The fraction of sp³-hybridized carbons (Fsp3) is 0.417. The molecule has 0 radical (unpaired) electrons. The van der Waals surface area contributed by atoms with Crippen molar-refractivity contribution in [3.05, 3.63) is 29.0 Å². The van der Waals surface area contributed by atoms with Crippen LogP contribution in [0.3, 0.4) is 0 Å². The van der Waals surface area contributed by atoms with E-state index in [0.717, 1.165) is 6.42 Å². The second-order valence-electron chi connectivity index (χ2n) is 4.18. The number of amides is 1. The smallest absolute Gasteiger partial charge is 0.253 e. The van der Waals surface area contributed by atoms with Gasteiger partial charge in [0, 0.05) is 12.2 Å². The SMILES string of the molecule is Cl.NC[C@H]1CC[C@@H](C(=O)Nc2ccc(F)c(Cl)c2)O1. The molecule has 0 unspecified atom stereocenters. The van der Waals surface area contributed by atoms with E-state index in [2.05, 4.69) is 5.32 Å². The van der Waals surface area contributed by atoms with Crippen LogP contribution in [0.15, 0.2) is 18.2 Å². The molecule has 1 heterocycles. The van der Waals surface area contributed by atoms with Crippen LogP contribution < -0.4 is 11.1 Å². The lowest BCUT2D eigenvalue weighted by Crippen LogP contribution is -2.29. The van der Waals surface area contributed by atoms with Crippen LogP contribution in [0.5, 0.6) is 0 Å². The molecule has 1 aliphatic rings. The monoisotopic (exact) mass is 308 g/mol. The Balaban J connectivity index is 0.00000180. The first-order valence-corrected chi connectivity index (χ1v) is 6.09. The molecule has 3 N–H and O–H groups in total. The van der Waals surface area contributed by atoms with Gasteiger partial charge in [0.15, 0.2) is 0 Å². The average Bonchev–Trinajstić information content (AvgIpc) is 2.82. The van der Waals surface area contributed by atoms with Crippen LogP contribution in [0.25, 0.3) is 0 Å².